The first-order valence-electron chi connectivity index (χ1n) is 21.0. The van der Waals surface area contributed by atoms with Crippen molar-refractivity contribution in [3.8, 4) is 44.5 Å². The quantitative estimate of drug-likeness (QED) is 0.153. The molecule has 0 heteroatoms. The van der Waals surface area contributed by atoms with Crippen LogP contribution in [0.5, 0.6) is 0 Å². The van der Waals surface area contributed by atoms with Crippen LogP contribution in [0.1, 0.15) is 27.8 Å². The molecule has 0 nitrogen and oxygen atoms in total. The van der Waals surface area contributed by atoms with Crippen LogP contribution in [0.25, 0.3) is 87.6 Å². The summed E-state index contributed by atoms with van der Waals surface area (Å²) in [6, 6.07) is 84.0. The van der Waals surface area contributed by atoms with Gasteiger partial charge in [-0.2, -0.15) is 0 Å². The van der Waals surface area contributed by atoms with Crippen LogP contribution >= 0.6 is 0 Å². The summed E-state index contributed by atoms with van der Waals surface area (Å²) in [7, 11) is 0. The molecule has 0 spiro atoms. The number of hydrogen-bond acceptors (Lipinski definition) is 0. The molecule has 0 heterocycles. The maximum atomic E-state index is 2.49. The third kappa shape index (κ3) is 5.17. The van der Waals surface area contributed by atoms with Crippen molar-refractivity contribution in [1.29, 1.82) is 0 Å². The number of benzene rings is 11. The van der Waals surface area contributed by atoms with Crippen LogP contribution in [0.2, 0.25) is 0 Å². The normalized spacial score (nSPS) is 12.9. The van der Waals surface area contributed by atoms with E-state index in [1.807, 2.05) is 0 Å². The Hall–Kier alpha value is -7.54. The Labute approximate surface area is 350 Å². The molecular formula is C60H40. The predicted octanol–water partition coefficient (Wildman–Crippen LogP) is 16.0. The van der Waals surface area contributed by atoms with Gasteiger partial charge in [0.1, 0.15) is 0 Å². The minimum absolute atomic E-state index is 0.470. The Morgan fingerprint density at radius 3 is 1.32 bits per heavy atom. The molecule has 0 saturated carbocycles. The number of aryl methyl sites for hydroxylation is 1. The zero-order valence-electron chi connectivity index (χ0n) is 33.4. The van der Waals surface area contributed by atoms with E-state index in [0.717, 1.165) is 0 Å². The molecule has 0 saturated heterocycles. The molecular weight excluding hydrogens is 721 g/mol. The average molecular weight is 761 g/mol. The fourth-order valence-electron chi connectivity index (χ4n) is 10.5. The smallest absolute Gasteiger partial charge is 0.0622 e. The van der Waals surface area contributed by atoms with E-state index in [2.05, 4.69) is 231 Å². The molecule has 0 unspecified atom stereocenters. The molecule has 0 aromatic heterocycles. The van der Waals surface area contributed by atoms with E-state index in [-0.39, 0.29) is 0 Å². The van der Waals surface area contributed by atoms with Gasteiger partial charge in [0.25, 0.3) is 0 Å². The number of rotatable bonds is 5. The van der Waals surface area contributed by atoms with Crippen LogP contribution in [0.3, 0.4) is 0 Å². The van der Waals surface area contributed by atoms with Crippen molar-refractivity contribution < 1.29 is 0 Å². The summed E-state index contributed by atoms with van der Waals surface area (Å²) in [6.07, 6.45) is 0. The standard InChI is InChI=1S/C60H40/c1-39-24-31-50-51-32-29-45(38-57(51)60(56(50)34-39,48-18-4-2-5-19-48)49-20-6-3-7-21-49)44-30-33-54-55(37-44)59(47-28-26-41-15-9-11-17-43(41)36-47)53-23-13-12-22-52(53)58(54)46-27-25-40-14-8-10-16-42(40)35-46/h2-38H,1H3. The molecule has 280 valence electrons. The second-order valence-electron chi connectivity index (χ2n) is 16.5. The molecule has 0 bridgehead atoms. The number of hydrogen-bond donors (Lipinski definition) is 0. The van der Waals surface area contributed by atoms with E-state index < -0.39 is 5.41 Å². The third-order valence-corrected chi connectivity index (χ3v) is 13.1. The Morgan fingerprint density at radius 2 is 0.717 bits per heavy atom. The van der Waals surface area contributed by atoms with Gasteiger partial charge in [-0.15, -0.1) is 0 Å². The predicted molar refractivity (Wildman–Crippen MR) is 255 cm³/mol. The molecule has 0 aliphatic heterocycles. The second kappa shape index (κ2) is 13.5. The zero-order chi connectivity index (χ0) is 39.8. The largest absolute Gasteiger partial charge is 0.0713 e. The van der Waals surface area contributed by atoms with E-state index in [1.165, 1.54) is 115 Å². The molecule has 11 aromatic rings. The lowest BCUT2D eigenvalue weighted by atomic mass is 9.67. The Balaban J connectivity index is 1.15. The van der Waals surface area contributed by atoms with E-state index >= 15 is 0 Å². The lowest BCUT2D eigenvalue weighted by Crippen LogP contribution is -2.28. The van der Waals surface area contributed by atoms with E-state index in [4.69, 9.17) is 0 Å². The van der Waals surface area contributed by atoms with Crippen molar-refractivity contribution in [2.24, 2.45) is 0 Å². The molecule has 60 heavy (non-hydrogen) atoms. The minimum atomic E-state index is -0.470. The third-order valence-electron chi connectivity index (χ3n) is 13.1. The van der Waals surface area contributed by atoms with Crippen LogP contribution in [0.4, 0.5) is 0 Å². The molecule has 0 atom stereocenters. The molecule has 1 aliphatic rings. The second-order valence-corrected chi connectivity index (χ2v) is 16.5. The summed E-state index contributed by atoms with van der Waals surface area (Å²) >= 11 is 0. The van der Waals surface area contributed by atoms with Crippen LogP contribution in [0.15, 0.2) is 224 Å². The molecule has 0 radical (unpaired) electrons. The van der Waals surface area contributed by atoms with Crippen LogP contribution in [-0.2, 0) is 5.41 Å². The molecule has 1 aliphatic carbocycles. The van der Waals surface area contributed by atoms with Gasteiger partial charge in [0.15, 0.2) is 0 Å². The minimum Gasteiger partial charge on any atom is -0.0622 e. The number of fused-ring (bicyclic) bond motifs is 7. The van der Waals surface area contributed by atoms with E-state index in [9.17, 15) is 0 Å². The summed E-state index contributed by atoms with van der Waals surface area (Å²) in [4.78, 5) is 0. The monoisotopic (exact) mass is 760 g/mol. The van der Waals surface area contributed by atoms with Crippen LogP contribution in [-0.4, -0.2) is 0 Å². The van der Waals surface area contributed by atoms with Gasteiger partial charge >= 0.3 is 0 Å². The highest BCUT2D eigenvalue weighted by molar-refractivity contribution is 6.22. The molecule has 12 rings (SSSR count). The summed E-state index contributed by atoms with van der Waals surface area (Å²) in [5.41, 5.74) is 16.0. The Morgan fingerprint density at radius 1 is 0.283 bits per heavy atom. The van der Waals surface area contributed by atoms with Gasteiger partial charge in [0.2, 0.25) is 0 Å². The Bertz CT molecular complexity index is 3440. The summed E-state index contributed by atoms with van der Waals surface area (Å²) in [5, 5.41) is 10.0. The van der Waals surface area contributed by atoms with E-state index in [1.54, 1.807) is 0 Å². The molecule has 11 aromatic carbocycles. The fraction of sp³-hybridized carbons (Fsp3) is 0.0333. The summed E-state index contributed by atoms with van der Waals surface area (Å²) in [6.45, 7) is 2.22. The maximum absolute atomic E-state index is 2.49. The van der Waals surface area contributed by atoms with Crippen molar-refractivity contribution >= 4 is 43.1 Å². The van der Waals surface area contributed by atoms with Crippen molar-refractivity contribution in [3.05, 3.63) is 252 Å². The van der Waals surface area contributed by atoms with Crippen LogP contribution < -0.4 is 0 Å². The average Bonchev–Trinajstić information content (AvgIpc) is 3.60. The van der Waals surface area contributed by atoms with E-state index in [0.29, 0.717) is 0 Å². The van der Waals surface area contributed by atoms with Gasteiger partial charge in [-0.25, -0.2) is 0 Å². The molecule has 0 fully saturated rings. The van der Waals surface area contributed by atoms with Crippen LogP contribution in [0, 0.1) is 6.92 Å². The zero-order valence-corrected chi connectivity index (χ0v) is 33.4. The van der Waals surface area contributed by atoms with Gasteiger partial charge in [-0.1, -0.05) is 206 Å². The molecule has 0 N–H and O–H groups in total. The SMILES string of the molecule is Cc1ccc2c(c1)C(c1ccccc1)(c1ccccc1)c1cc(-c3ccc4c(-c5ccc6ccccc6c5)c5ccccc5c(-c5ccc6ccccc6c5)c4c3)ccc1-2. The van der Waals surface area contributed by atoms with Crippen molar-refractivity contribution in [2.45, 2.75) is 12.3 Å². The fourth-order valence-corrected chi connectivity index (χ4v) is 10.5. The van der Waals surface area contributed by atoms with Crippen molar-refractivity contribution in [2.75, 3.05) is 0 Å². The first kappa shape index (κ1) is 34.5. The summed E-state index contributed by atoms with van der Waals surface area (Å²) < 4.78 is 0. The molecule has 0 amide bonds. The van der Waals surface area contributed by atoms with Gasteiger partial charge in [0, 0.05) is 0 Å². The van der Waals surface area contributed by atoms with Crippen molar-refractivity contribution in [3.63, 3.8) is 0 Å². The van der Waals surface area contributed by atoms with Gasteiger partial charge in [0.05, 0.1) is 5.41 Å². The Kier molecular flexibility index (Phi) is 7.77. The topological polar surface area (TPSA) is 0 Å². The highest BCUT2D eigenvalue weighted by Crippen LogP contribution is 2.57. The first-order valence-corrected chi connectivity index (χ1v) is 21.0. The van der Waals surface area contributed by atoms with Crippen molar-refractivity contribution in [1.82, 2.24) is 0 Å². The lowest BCUT2D eigenvalue weighted by Gasteiger charge is -2.34. The van der Waals surface area contributed by atoms with Gasteiger partial charge in [-0.05, 0) is 141 Å². The highest BCUT2D eigenvalue weighted by Gasteiger charge is 2.46. The van der Waals surface area contributed by atoms with Gasteiger partial charge < -0.3 is 0 Å². The van der Waals surface area contributed by atoms with Gasteiger partial charge in [-0.3, -0.25) is 0 Å². The summed E-state index contributed by atoms with van der Waals surface area (Å²) in [5.74, 6) is 0. The lowest BCUT2D eigenvalue weighted by molar-refractivity contribution is 0.768. The maximum Gasteiger partial charge on any atom is 0.0713 e. The first-order chi connectivity index (χ1) is 29.6. The highest BCUT2D eigenvalue weighted by atomic mass is 14.5.